The molecule has 1 radical (unpaired) electrons. The summed E-state index contributed by atoms with van der Waals surface area (Å²) in [5.41, 5.74) is 2.28. The van der Waals surface area contributed by atoms with Crippen LogP contribution in [0, 0.1) is 18.3 Å². The third-order valence-electron chi connectivity index (χ3n) is 1.68. The minimum atomic E-state index is 0.951. The summed E-state index contributed by atoms with van der Waals surface area (Å²) in [6, 6.07) is 8.14. The smallest absolute Gasteiger partial charge is 0.0242 e. The van der Waals surface area contributed by atoms with E-state index in [1.54, 1.807) is 0 Å². The molecule has 1 aromatic carbocycles. The van der Waals surface area contributed by atoms with Crippen LogP contribution in [0.5, 0.6) is 0 Å². The van der Waals surface area contributed by atoms with Crippen molar-refractivity contribution in [2.45, 2.75) is 20.3 Å². The Morgan fingerprint density at radius 2 is 1.83 bits per heavy atom. The zero-order valence-corrected chi connectivity index (χ0v) is 7.59. The van der Waals surface area contributed by atoms with Gasteiger partial charge in [-0.1, -0.05) is 31.9 Å². The zero-order valence-electron chi connectivity index (χ0n) is 7.59. The SMILES string of the molecule is C#Cc1ccc(C[C](C)C)cc1. The number of hydrogen-bond acceptors (Lipinski definition) is 0. The lowest BCUT2D eigenvalue weighted by molar-refractivity contribution is 0.957. The second kappa shape index (κ2) is 3.97. The summed E-state index contributed by atoms with van der Waals surface area (Å²) in [5, 5.41) is 0. The third kappa shape index (κ3) is 2.43. The van der Waals surface area contributed by atoms with Gasteiger partial charge in [-0.3, -0.25) is 0 Å². The second-order valence-corrected chi connectivity index (χ2v) is 3.23. The average Bonchev–Trinajstić information content (AvgIpc) is 2.05. The predicted octanol–water partition coefficient (Wildman–Crippen LogP) is 2.82. The standard InChI is InChI=1S/C12H13/c1-4-11-5-7-12(8-6-11)9-10(2)3/h1,5-8H,9H2,2-3H3. The van der Waals surface area contributed by atoms with E-state index in [1.807, 2.05) is 12.1 Å². The molecule has 1 aromatic rings. The van der Waals surface area contributed by atoms with Gasteiger partial charge < -0.3 is 0 Å². The highest BCUT2D eigenvalue weighted by Crippen LogP contribution is 2.09. The summed E-state index contributed by atoms with van der Waals surface area (Å²) >= 11 is 0. The first-order valence-electron chi connectivity index (χ1n) is 4.07. The van der Waals surface area contributed by atoms with E-state index in [4.69, 9.17) is 6.42 Å². The summed E-state index contributed by atoms with van der Waals surface area (Å²) < 4.78 is 0. The van der Waals surface area contributed by atoms with E-state index in [2.05, 4.69) is 31.9 Å². The van der Waals surface area contributed by atoms with Crippen molar-refractivity contribution in [3.63, 3.8) is 0 Å². The molecular weight excluding hydrogens is 144 g/mol. The summed E-state index contributed by atoms with van der Waals surface area (Å²) in [4.78, 5) is 0. The molecule has 0 N–H and O–H groups in total. The van der Waals surface area contributed by atoms with Crippen molar-refractivity contribution < 1.29 is 0 Å². The Hall–Kier alpha value is -1.22. The van der Waals surface area contributed by atoms with Crippen molar-refractivity contribution in [2.24, 2.45) is 0 Å². The Morgan fingerprint density at radius 1 is 1.25 bits per heavy atom. The molecule has 0 atom stereocenters. The van der Waals surface area contributed by atoms with Crippen molar-refractivity contribution >= 4 is 0 Å². The van der Waals surface area contributed by atoms with Crippen molar-refractivity contribution in [1.29, 1.82) is 0 Å². The van der Waals surface area contributed by atoms with Crippen LogP contribution in [0.25, 0.3) is 0 Å². The van der Waals surface area contributed by atoms with E-state index in [1.165, 1.54) is 11.5 Å². The molecule has 0 aliphatic carbocycles. The summed E-state index contributed by atoms with van der Waals surface area (Å²) in [6.07, 6.45) is 6.29. The Bertz CT molecular complexity index is 272. The first-order valence-corrected chi connectivity index (χ1v) is 4.07. The largest absolute Gasteiger partial charge is 0.115 e. The molecule has 0 bridgehead atoms. The molecule has 0 unspecified atom stereocenters. The van der Waals surface area contributed by atoms with Crippen LogP contribution >= 0.6 is 0 Å². The van der Waals surface area contributed by atoms with Crippen molar-refractivity contribution in [3.8, 4) is 12.3 Å². The molecule has 12 heavy (non-hydrogen) atoms. The molecule has 1 rings (SSSR count). The molecule has 0 fully saturated rings. The quantitative estimate of drug-likeness (QED) is 0.579. The lowest BCUT2D eigenvalue weighted by Crippen LogP contribution is -1.91. The van der Waals surface area contributed by atoms with Crippen LogP contribution in [-0.4, -0.2) is 0 Å². The molecular formula is C12H13. The number of benzene rings is 1. The number of rotatable bonds is 2. The van der Waals surface area contributed by atoms with Gasteiger partial charge in [0, 0.05) is 5.56 Å². The van der Waals surface area contributed by atoms with Crippen molar-refractivity contribution in [2.75, 3.05) is 0 Å². The molecule has 0 aliphatic rings. The molecule has 0 aliphatic heterocycles. The van der Waals surface area contributed by atoms with Crippen molar-refractivity contribution in [3.05, 3.63) is 41.3 Å². The zero-order chi connectivity index (χ0) is 8.97. The van der Waals surface area contributed by atoms with Gasteiger partial charge in [-0.05, 0) is 30.0 Å². The maximum atomic E-state index is 5.25. The van der Waals surface area contributed by atoms with Gasteiger partial charge in [0.15, 0.2) is 0 Å². The molecule has 61 valence electrons. The van der Waals surface area contributed by atoms with Gasteiger partial charge in [-0.15, -0.1) is 6.42 Å². The normalized spacial score (nSPS) is 9.83. The molecule has 0 saturated carbocycles. The highest BCUT2D eigenvalue weighted by Gasteiger charge is 1.96. The van der Waals surface area contributed by atoms with E-state index in [0.29, 0.717) is 0 Å². The summed E-state index contributed by atoms with van der Waals surface area (Å²) in [7, 11) is 0. The lowest BCUT2D eigenvalue weighted by Gasteiger charge is -2.03. The Morgan fingerprint density at radius 3 is 2.25 bits per heavy atom. The van der Waals surface area contributed by atoms with Gasteiger partial charge in [0.25, 0.3) is 0 Å². The molecule has 0 heterocycles. The van der Waals surface area contributed by atoms with Crippen LogP contribution in [0.2, 0.25) is 0 Å². The van der Waals surface area contributed by atoms with E-state index in [0.717, 1.165) is 12.0 Å². The monoisotopic (exact) mass is 157 g/mol. The van der Waals surface area contributed by atoms with Crippen LogP contribution in [0.4, 0.5) is 0 Å². The fourth-order valence-electron chi connectivity index (χ4n) is 1.13. The maximum absolute atomic E-state index is 5.25. The second-order valence-electron chi connectivity index (χ2n) is 3.23. The van der Waals surface area contributed by atoms with Crippen molar-refractivity contribution in [1.82, 2.24) is 0 Å². The average molecular weight is 157 g/mol. The van der Waals surface area contributed by atoms with E-state index < -0.39 is 0 Å². The molecule has 0 saturated heterocycles. The molecule has 0 amide bonds. The van der Waals surface area contributed by atoms with Gasteiger partial charge in [0.1, 0.15) is 0 Å². The number of hydrogen-bond donors (Lipinski definition) is 0. The van der Waals surface area contributed by atoms with Crippen LogP contribution in [0.3, 0.4) is 0 Å². The lowest BCUT2D eigenvalue weighted by atomic mass is 10.0. The van der Waals surface area contributed by atoms with E-state index in [-0.39, 0.29) is 0 Å². The maximum Gasteiger partial charge on any atom is 0.0242 e. The predicted molar refractivity (Wildman–Crippen MR) is 52.7 cm³/mol. The number of terminal acetylenes is 1. The van der Waals surface area contributed by atoms with E-state index in [9.17, 15) is 0 Å². The topological polar surface area (TPSA) is 0 Å². The highest BCUT2D eigenvalue weighted by atomic mass is 14.0. The molecule has 0 spiro atoms. The summed E-state index contributed by atoms with van der Waals surface area (Å²) in [6.45, 7) is 4.27. The first-order chi connectivity index (χ1) is 5.72. The van der Waals surface area contributed by atoms with Crippen LogP contribution in [-0.2, 0) is 6.42 Å². The minimum absolute atomic E-state index is 0.951. The first kappa shape index (κ1) is 8.87. The van der Waals surface area contributed by atoms with E-state index >= 15 is 0 Å². The Labute approximate surface area is 74.6 Å². The molecule has 0 heteroatoms. The summed E-state index contributed by atoms with van der Waals surface area (Å²) in [5.74, 6) is 4.02. The Balaban J connectivity index is 2.73. The third-order valence-corrected chi connectivity index (χ3v) is 1.68. The highest BCUT2D eigenvalue weighted by molar-refractivity contribution is 5.34. The fraction of sp³-hybridized carbons (Fsp3) is 0.250. The van der Waals surface area contributed by atoms with Gasteiger partial charge in [-0.2, -0.15) is 0 Å². The minimum Gasteiger partial charge on any atom is -0.115 e. The molecule has 0 aromatic heterocycles. The Kier molecular flexibility index (Phi) is 2.94. The van der Waals surface area contributed by atoms with Crippen LogP contribution in [0.1, 0.15) is 25.0 Å². The van der Waals surface area contributed by atoms with Gasteiger partial charge in [0.2, 0.25) is 0 Å². The van der Waals surface area contributed by atoms with Crippen LogP contribution in [0.15, 0.2) is 24.3 Å². The van der Waals surface area contributed by atoms with Gasteiger partial charge >= 0.3 is 0 Å². The van der Waals surface area contributed by atoms with Gasteiger partial charge in [0.05, 0.1) is 0 Å². The fourth-order valence-corrected chi connectivity index (χ4v) is 1.13. The van der Waals surface area contributed by atoms with Gasteiger partial charge in [-0.25, -0.2) is 0 Å². The molecule has 0 nitrogen and oxygen atoms in total. The van der Waals surface area contributed by atoms with Crippen LogP contribution < -0.4 is 0 Å².